The quantitative estimate of drug-likeness (QED) is 0.772. The molecule has 0 aliphatic heterocycles. The lowest BCUT2D eigenvalue weighted by atomic mass is 10.2. The monoisotopic (exact) mass is 337 g/mol. The third-order valence-electron chi connectivity index (χ3n) is 3.45. The van der Waals surface area contributed by atoms with E-state index in [1.54, 1.807) is 41.1 Å². The number of ether oxygens (including phenoxy) is 1. The molecular formula is C18H19N5O2. The van der Waals surface area contributed by atoms with Gasteiger partial charge in [-0.25, -0.2) is 4.68 Å². The Hall–Kier alpha value is -3.22. The molecule has 0 spiro atoms. The minimum absolute atomic E-state index is 0.0241. The second-order valence-corrected chi connectivity index (χ2v) is 5.90. The molecule has 7 nitrogen and oxygen atoms in total. The van der Waals surface area contributed by atoms with Crippen molar-refractivity contribution in [3.8, 4) is 17.4 Å². The van der Waals surface area contributed by atoms with Crippen LogP contribution in [0.15, 0.2) is 48.7 Å². The summed E-state index contributed by atoms with van der Waals surface area (Å²) in [6.07, 6.45) is 1.82. The van der Waals surface area contributed by atoms with Gasteiger partial charge in [0.1, 0.15) is 5.75 Å². The fourth-order valence-corrected chi connectivity index (χ4v) is 2.05. The first-order valence-electron chi connectivity index (χ1n) is 7.96. The fourth-order valence-electron chi connectivity index (χ4n) is 2.05. The van der Waals surface area contributed by atoms with Gasteiger partial charge in [-0.15, -0.1) is 10.2 Å². The van der Waals surface area contributed by atoms with Crippen LogP contribution in [0.5, 0.6) is 11.6 Å². The van der Waals surface area contributed by atoms with Crippen LogP contribution in [0, 0.1) is 12.8 Å². The summed E-state index contributed by atoms with van der Waals surface area (Å²) < 4.78 is 7.32. The number of nitrogens with zero attached hydrogens (tertiary/aromatic N) is 4. The van der Waals surface area contributed by atoms with Crippen LogP contribution in [0.1, 0.15) is 19.5 Å². The highest BCUT2D eigenvalue weighted by atomic mass is 16.5. The van der Waals surface area contributed by atoms with E-state index < -0.39 is 0 Å². The van der Waals surface area contributed by atoms with Crippen molar-refractivity contribution in [3.05, 3.63) is 54.4 Å². The minimum atomic E-state index is -0.0664. The second-order valence-electron chi connectivity index (χ2n) is 5.90. The van der Waals surface area contributed by atoms with Gasteiger partial charge in [0.25, 0.3) is 0 Å². The van der Waals surface area contributed by atoms with Crippen molar-refractivity contribution in [2.75, 3.05) is 5.32 Å². The number of benzene rings is 1. The Morgan fingerprint density at radius 2 is 1.84 bits per heavy atom. The van der Waals surface area contributed by atoms with Crippen LogP contribution in [-0.2, 0) is 4.79 Å². The molecule has 0 bridgehead atoms. The lowest BCUT2D eigenvalue weighted by Gasteiger charge is -2.09. The number of hydrogen-bond donors (Lipinski definition) is 1. The summed E-state index contributed by atoms with van der Waals surface area (Å²) >= 11 is 0. The number of aromatic nitrogens is 4. The number of hydrogen-bond acceptors (Lipinski definition) is 5. The predicted molar refractivity (Wildman–Crippen MR) is 93.9 cm³/mol. The molecule has 0 aliphatic rings. The van der Waals surface area contributed by atoms with Crippen LogP contribution in [0.25, 0.3) is 5.82 Å². The maximum absolute atomic E-state index is 11.7. The molecule has 0 unspecified atom stereocenters. The van der Waals surface area contributed by atoms with Crippen molar-refractivity contribution in [3.63, 3.8) is 0 Å². The third-order valence-corrected chi connectivity index (χ3v) is 3.45. The molecule has 0 radical (unpaired) electrons. The summed E-state index contributed by atoms with van der Waals surface area (Å²) in [4.78, 5) is 11.7. The van der Waals surface area contributed by atoms with Crippen LogP contribution < -0.4 is 10.1 Å². The first-order valence-corrected chi connectivity index (χ1v) is 7.96. The van der Waals surface area contributed by atoms with E-state index in [9.17, 15) is 4.79 Å². The van der Waals surface area contributed by atoms with E-state index in [0.717, 1.165) is 11.4 Å². The van der Waals surface area contributed by atoms with Crippen LogP contribution in [-0.4, -0.2) is 25.9 Å². The van der Waals surface area contributed by atoms with E-state index in [0.29, 0.717) is 17.4 Å². The Labute approximate surface area is 145 Å². The zero-order valence-electron chi connectivity index (χ0n) is 14.3. The Balaban J connectivity index is 1.65. The Bertz CT molecular complexity index is 854. The topological polar surface area (TPSA) is 81.9 Å². The van der Waals surface area contributed by atoms with Crippen molar-refractivity contribution < 1.29 is 9.53 Å². The fraction of sp³-hybridized carbons (Fsp3) is 0.222. The number of aryl methyl sites for hydroxylation is 1. The Kier molecular flexibility index (Phi) is 4.74. The number of carbonyl (C=O) groups excluding carboxylic acids is 1. The van der Waals surface area contributed by atoms with E-state index in [-0.39, 0.29) is 11.8 Å². The van der Waals surface area contributed by atoms with Gasteiger partial charge in [0.2, 0.25) is 11.8 Å². The predicted octanol–water partition coefficient (Wildman–Crippen LogP) is 3.36. The van der Waals surface area contributed by atoms with Gasteiger partial charge in [-0.2, -0.15) is 5.10 Å². The molecule has 3 aromatic rings. The molecule has 128 valence electrons. The van der Waals surface area contributed by atoms with E-state index in [4.69, 9.17) is 4.74 Å². The maximum Gasteiger partial charge on any atom is 0.238 e. The molecule has 0 fully saturated rings. The lowest BCUT2D eigenvalue weighted by Crippen LogP contribution is -2.17. The highest BCUT2D eigenvalue weighted by Gasteiger charge is 2.07. The summed E-state index contributed by atoms with van der Waals surface area (Å²) in [6, 6.07) is 12.5. The number of nitrogens with one attached hydrogen (secondary N) is 1. The first kappa shape index (κ1) is 16.6. The zero-order valence-corrected chi connectivity index (χ0v) is 14.3. The number of rotatable bonds is 5. The summed E-state index contributed by atoms with van der Waals surface area (Å²) in [5, 5.41) is 15.3. The SMILES string of the molecule is Cc1ccn(-c2ccc(Oc3ccc(NC(=O)C(C)C)cc3)nn2)n1. The van der Waals surface area contributed by atoms with Crippen molar-refractivity contribution in [2.24, 2.45) is 5.92 Å². The smallest absolute Gasteiger partial charge is 0.238 e. The average Bonchev–Trinajstić information content (AvgIpc) is 3.03. The molecule has 1 N–H and O–H groups in total. The van der Waals surface area contributed by atoms with Gasteiger partial charge in [-0.1, -0.05) is 13.8 Å². The molecule has 2 heterocycles. The third kappa shape index (κ3) is 4.20. The number of carbonyl (C=O) groups is 1. The van der Waals surface area contributed by atoms with Crippen molar-refractivity contribution in [1.82, 2.24) is 20.0 Å². The van der Waals surface area contributed by atoms with Crippen molar-refractivity contribution in [1.29, 1.82) is 0 Å². The molecule has 2 aromatic heterocycles. The molecular weight excluding hydrogens is 318 g/mol. The summed E-state index contributed by atoms with van der Waals surface area (Å²) in [5.41, 5.74) is 1.63. The summed E-state index contributed by atoms with van der Waals surface area (Å²) in [6.45, 7) is 5.61. The second kappa shape index (κ2) is 7.12. The van der Waals surface area contributed by atoms with Gasteiger partial charge in [-0.05, 0) is 43.3 Å². The van der Waals surface area contributed by atoms with Gasteiger partial charge >= 0.3 is 0 Å². The van der Waals surface area contributed by atoms with Crippen molar-refractivity contribution in [2.45, 2.75) is 20.8 Å². The van der Waals surface area contributed by atoms with Crippen LogP contribution >= 0.6 is 0 Å². The van der Waals surface area contributed by atoms with E-state index in [2.05, 4.69) is 20.6 Å². The van der Waals surface area contributed by atoms with Gasteiger partial charge < -0.3 is 10.1 Å². The highest BCUT2D eigenvalue weighted by Crippen LogP contribution is 2.21. The molecule has 1 aromatic carbocycles. The zero-order chi connectivity index (χ0) is 17.8. The van der Waals surface area contributed by atoms with Crippen molar-refractivity contribution >= 4 is 11.6 Å². The van der Waals surface area contributed by atoms with E-state index in [1.807, 2.05) is 33.0 Å². The van der Waals surface area contributed by atoms with Crippen LogP contribution in [0.2, 0.25) is 0 Å². The molecule has 0 atom stereocenters. The van der Waals surface area contributed by atoms with Crippen LogP contribution in [0.3, 0.4) is 0 Å². The number of amides is 1. The normalized spacial score (nSPS) is 10.7. The first-order chi connectivity index (χ1) is 12.0. The van der Waals surface area contributed by atoms with E-state index in [1.165, 1.54) is 0 Å². The molecule has 3 rings (SSSR count). The standard InChI is InChI=1S/C18H19N5O2/c1-12(2)18(24)19-14-4-6-15(7-5-14)25-17-9-8-16(20-21-17)23-11-10-13(3)22-23/h4-12H,1-3H3,(H,19,24). The average molecular weight is 337 g/mol. The largest absolute Gasteiger partial charge is 0.438 e. The minimum Gasteiger partial charge on any atom is -0.438 e. The molecule has 0 saturated carbocycles. The maximum atomic E-state index is 11.7. The van der Waals surface area contributed by atoms with E-state index >= 15 is 0 Å². The lowest BCUT2D eigenvalue weighted by molar-refractivity contribution is -0.118. The molecule has 0 saturated heterocycles. The van der Waals surface area contributed by atoms with Gasteiger partial charge in [0, 0.05) is 23.9 Å². The molecule has 0 aliphatic carbocycles. The highest BCUT2D eigenvalue weighted by molar-refractivity contribution is 5.92. The Morgan fingerprint density at radius 1 is 1.08 bits per heavy atom. The summed E-state index contributed by atoms with van der Waals surface area (Å²) in [5.74, 6) is 1.52. The molecule has 25 heavy (non-hydrogen) atoms. The summed E-state index contributed by atoms with van der Waals surface area (Å²) in [7, 11) is 0. The Morgan fingerprint density at radius 3 is 2.40 bits per heavy atom. The number of anilines is 1. The van der Waals surface area contributed by atoms with Gasteiger partial charge in [-0.3, -0.25) is 4.79 Å². The van der Waals surface area contributed by atoms with Crippen LogP contribution in [0.4, 0.5) is 5.69 Å². The molecule has 7 heteroatoms. The molecule has 1 amide bonds. The van der Waals surface area contributed by atoms with Gasteiger partial charge in [0.15, 0.2) is 5.82 Å². The van der Waals surface area contributed by atoms with Gasteiger partial charge in [0.05, 0.1) is 5.69 Å².